The molecule has 0 fully saturated rings. The van der Waals surface area contributed by atoms with Crippen molar-refractivity contribution in [2.24, 2.45) is 0 Å². The Morgan fingerprint density at radius 3 is 1.96 bits per heavy atom. The third-order valence-electron chi connectivity index (χ3n) is 4.01. The van der Waals surface area contributed by atoms with Gasteiger partial charge in [-0.15, -0.1) is 0 Å². The topological polar surface area (TPSA) is 29.1 Å². The van der Waals surface area contributed by atoms with Crippen LogP contribution in [0.2, 0.25) is 10.0 Å². The molecule has 1 N–H and O–H groups in total. The van der Waals surface area contributed by atoms with Gasteiger partial charge in [0.15, 0.2) is 5.78 Å². The van der Waals surface area contributed by atoms with E-state index in [2.05, 4.69) is 5.32 Å². The third-order valence-corrected chi connectivity index (χ3v) is 4.52. The molecule has 0 aliphatic carbocycles. The Kier molecular flexibility index (Phi) is 5.92. The first-order valence-electron chi connectivity index (χ1n) is 8.07. The van der Waals surface area contributed by atoms with E-state index in [1.807, 2.05) is 12.1 Å². The van der Waals surface area contributed by atoms with Crippen LogP contribution >= 0.6 is 23.2 Å². The number of hydrogen-bond acceptors (Lipinski definition) is 2. The molecule has 3 aromatic rings. The van der Waals surface area contributed by atoms with Crippen molar-refractivity contribution in [3.8, 4) is 0 Å². The fourth-order valence-corrected chi connectivity index (χ4v) is 2.89. The molecule has 3 aromatic carbocycles. The zero-order valence-corrected chi connectivity index (χ0v) is 15.3. The maximum absolute atomic E-state index is 13.1. The molecule has 0 amide bonds. The average Bonchev–Trinajstić information content (AvgIpc) is 2.64. The molecule has 132 valence electrons. The highest BCUT2D eigenvalue weighted by Crippen LogP contribution is 2.26. The van der Waals surface area contributed by atoms with E-state index in [1.54, 1.807) is 48.5 Å². The number of halogens is 3. The SMILES string of the molecule is O=C(CC(Nc1ccc(F)cc1)c1ccc(Cl)cc1)c1ccc(Cl)cc1. The molecule has 5 heteroatoms. The highest BCUT2D eigenvalue weighted by molar-refractivity contribution is 6.30. The predicted octanol–water partition coefficient (Wildman–Crippen LogP) is 6.56. The van der Waals surface area contributed by atoms with Crippen molar-refractivity contribution in [3.05, 3.63) is 99.8 Å². The Morgan fingerprint density at radius 1 is 0.846 bits per heavy atom. The molecule has 0 bridgehead atoms. The van der Waals surface area contributed by atoms with Crippen molar-refractivity contribution in [2.45, 2.75) is 12.5 Å². The zero-order chi connectivity index (χ0) is 18.5. The van der Waals surface area contributed by atoms with Gasteiger partial charge in [0.25, 0.3) is 0 Å². The molecule has 2 nitrogen and oxygen atoms in total. The Hall–Kier alpha value is -2.36. The van der Waals surface area contributed by atoms with Crippen molar-refractivity contribution >= 4 is 34.7 Å². The molecule has 0 radical (unpaired) electrons. The molecule has 1 unspecified atom stereocenters. The van der Waals surface area contributed by atoms with Crippen LogP contribution in [0.3, 0.4) is 0 Å². The molecule has 0 aliphatic rings. The summed E-state index contributed by atoms with van der Waals surface area (Å²) in [7, 11) is 0. The molecular formula is C21H16Cl2FNO. The maximum atomic E-state index is 13.1. The van der Waals surface area contributed by atoms with Crippen LogP contribution in [0.5, 0.6) is 0 Å². The summed E-state index contributed by atoms with van der Waals surface area (Å²) in [5.41, 5.74) is 2.24. The first-order valence-corrected chi connectivity index (χ1v) is 8.83. The van der Waals surface area contributed by atoms with E-state index in [1.165, 1.54) is 12.1 Å². The van der Waals surface area contributed by atoms with Crippen LogP contribution in [0.1, 0.15) is 28.4 Å². The van der Waals surface area contributed by atoms with Crippen LogP contribution in [0.15, 0.2) is 72.8 Å². The van der Waals surface area contributed by atoms with Crippen molar-refractivity contribution in [1.29, 1.82) is 0 Å². The summed E-state index contributed by atoms with van der Waals surface area (Å²) in [5.74, 6) is -0.327. The number of anilines is 1. The fourth-order valence-electron chi connectivity index (χ4n) is 2.63. The standard InChI is InChI=1S/C21H16Cl2FNO/c22-16-5-1-14(2-6-16)20(25-19-11-9-18(24)10-12-19)13-21(26)15-3-7-17(23)8-4-15/h1-12,20,25H,13H2. The molecule has 0 aromatic heterocycles. The second-order valence-electron chi connectivity index (χ2n) is 5.89. The van der Waals surface area contributed by atoms with Gasteiger partial charge in [-0.25, -0.2) is 4.39 Å². The molecule has 26 heavy (non-hydrogen) atoms. The lowest BCUT2D eigenvalue weighted by atomic mass is 9.97. The summed E-state index contributed by atoms with van der Waals surface area (Å²) < 4.78 is 13.1. The minimum atomic E-state index is -0.309. The lowest BCUT2D eigenvalue weighted by Crippen LogP contribution is -2.16. The van der Waals surface area contributed by atoms with E-state index in [4.69, 9.17) is 23.2 Å². The number of rotatable bonds is 6. The lowest BCUT2D eigenvalue weighted by Gasteiger charge is -2.20. The zero-order valence-electron chi connectivity index (χ0n) is 13.8. The van der Waals surface area contributed by atoms with Crippen LogP contribution < -0.4 is 5.32 Å². The first-order chi connectivity index (χ1) is 12.5. The summed E-state index contributed by atoms with van der Waals surface area (Å²) in [6.45, 7) is 0. The largest absolute Gasteiger partial charge is 0.378 e. The predicted molar refractivity (Wildman–Crippen MR) is 105 cm³/mol. The Balaban J connectivity index is 1.84. The van der Waals surface area contributed by atoms with Gasteiger partial charge in [-0.05, 0) is 66.2 Å². The van der Waals surface area contributed by atoms with Crippen LogP contribution in [0.25, 0.3) is 0 Å². The number of Topliss-reactive ketones (excluding diaryl/α,β-unsaturated/α-hetero) is 1. The number of benzene rings is 3. The smallest absolute Gasteiger partial charge is 0.165 e. The lowest BCUT2D eigenvalue weighted by molar-refractivity contribution is 0.0976. The Morgan fingerprint density at radius 2 is 1.38 bits per heavy atom. The monoisotopic (exact) mass is 387 g/mol. The summed E-state index contributed by atoms with van der Waals surface area (Å²) in [4.78, 5) is 12.7. The van der Waals surface area contributed by atoms with E-state index >= 15 is 0 Å². The summed E-state index contributed by atoms with van der Waals surface area (Å²) in [6, 6.07) is 19.9. The van der Waals surface area contributed by atoms with Crippen molar-refractivity contribution in [1.82, 2.24) is 0 Å². The van der Waals surface area contributed by atoms with Gasteiger partial charge in [0.1, 0.15) is 5.82 Å². The van der Waals surface area contributed by atoms with Crippen molar-refractivity contribution in [2.75, 3.05) is 5.32 Å². The Bertz CT molecular complexity index is 877. The molecule has 1 atom stereocenters. The van der Waals surface area contributed by atoms with Crippen LogP contribution in [-0.2, 0) is 0 Å². The van der Waals surface area contributed by atoms with Crippen LogP contribution in [-0.4, -0.2) is 5.78 Å². The van der Waals surface area contributed by atoms with E-state index in [9.17, 15) is 9.18 Å². The third kappa shape index (κ3) is 4.84. The molecule has 0 saturated carbocycles. The average molecular weight is 388 g/mol. The van der Waals surface area contributed by atoms with E-state index in [-0.39, 0.29) is 24.1 Å². The number of carbonyl (C=O) groups excluding carboxylic acids is 1. The molecule has 0 heterocycles. The van der Waals surface area contributed by atoms with Gasteiger partial charge in [0.05, 0.1) is 6.04 Å². The molecule has 3 rings (SSSR count). The van der Waals surface area contributed by atoms with Crippen LogP contribution in [0, 0.1) is 5.82 Å². The minimum absolute atomic E-state index is 0.0174. The molecule has 0 aliphatic heterocycles. The maximum Gasteiger partial charge on any atom is 0.165 e. The van der Waals surface area contributed by atoms with Crippen molar-refractivity contribution < 1.29 is 9.18 Å². The van der Waals surface area contributed by atoms with Gasteiger partial charge in [-0.1, -0.05) is 35.3 Å². The summed E-state index contributed by atoms with van der Waals surface area (Å²) in [6.07, 6.45) is 0.237. The number of ketones is 1. The van der Waals surface area contributed by atoms with Crippen LogP contribution in [0.4, 0.5) is 10.1 Å². The van der Waals surface area contributed by atoms with Gasteiger partial charge < -0.3 is 5.32 Å². The van der Waals surface area contributed by atoms with Gasteiger partial charge >= 0.3 is 0 Å². The number of carbonyl (C=O) groups is 1. The molecular weight excluding hydrogens is 372 g/mol. The first kappa shape index (κ1) is 18.4. The fraction of sp³-hybridized carbons (Fsp3) is 0.0952. The normalized spacial score (nSPS) is 11.8. The minimum Gasteiger partial charge on any atom is -0.378 e. The van der Waals surface area contributed by atoms with Gasteiger partial charge in [-0.3, -0.25) is 4.79 Å². The highest BCUT2D eigenvalue weighted by Gasteiger charge is 2.17. The Labute approximate surface area is 161 Å². The summed E-state index contributed by atoms with van der Waals surface area (Å²) in [5, 5.41) is 4.50. The van der Waals surface area contributed by atoms with Crippen molar-refractivity contribution in [3.63, 3.8) is 0 Å². The highest BCUT2D eigenvalue weighted by atomic mass is 35.5. The molecule has 0 spiro atoms. The molecule has 0 saturated heterocycles. The van der Waals surface area contributed by atoms with E-state index < -0.39 is 0 Å². The summed E-state index contributed by atoms with van der Waals surface area (Å²) >= 11 is 11.9. The van der Waals surface area contributed by atoms with E-state index in [0.29, 0.717) is 15.6 Å². The van der Waals surface area contributed by atoms with Gasteiger partial charge in [-0.2, -0.15) is 0 Å². The van der Waals surface area contributed by atoms with Gasteiger partial charge in [0, 0.05) is 27.7 Å². The number of hydrogen-bond donors (Lipinski definition) is 1. The van der Waals surface area contributed by atoms with Gasteiger partial charge in [0.2, 0.25) is 0 Å². The number of nitrogens with one attached hydrogen (secondary N) is 1. The second-order valence-corrected chi connectivity index (χ2v) is 6.76. The quantitative estimate of drug-likeness (QED) is 0.485. The second kappa shape index (κ2) is 8.35. The van der Waals surface area contributed by atoms with E-state index in [0.717, 1.165) is 11.3 Å².